The number of ether oxygens (including phenoxy) is 1. The fraction of sp³-hybridized carbons (Fsp3) is 0.143. The maximum atomic E-state index is 12.4. The molecular weight excluding hydrogens is 183 g/mol. The van der Waals surface area contributed by atoms with Crippen LogP contribution in [-0.4, -0.2) is 15.5 Å². The van der Waals surface area contributed by atoms with Gasteiger partial charge in [-0.1, -0.05) is 6.07 Å². The topological polar surface area (TPSA) is 43.4 Å². The van der Waals surface area contributed by atoms with E-state index in [1.165, 1.54) is 19.2 Å². The van der Waals surface area contributed by atoms with Crippen molar-refractivity contribution in [3.63, 3.8) is 0 Å². The van der Waals surface area contributed by atoms with Crippen LogP contribution in [-0.2, 0) is 10.2 Å². The van der Waals surface area contributed by atoms with Crippen molar-refractivity contribution in [2.45, 2.75) is 4.90 Å². The first kappa shape index (κ1) is 8.99. The quantitative estimate of drug-likeness (QED) is 0.661. The molecule has 0 aromatic heterocycles. The summed E-state index contributed by atoms with van der Waals surface area (Å²) in [6.45, 7) is 0. The lowest BCUT2D eigenvalue weighted by Gasteiger charge is -1.99. The van der Waals surface area contributed by atoms with Crippen molar-refractivity contribution in [3.05, 3.63) is 24.3 Å². The highest BCUT2D eigenvalue weighted by atomic mass is 32.3. The summed E-state index contributed by atoms with van der Waals surface area (Å²) in [4.78, 5) is -0.387. The SMILES string of the molecule is COc1cccc(S(=O)(=O)F)c1. The molecule has 1 aromatic rings. The van der Waals surface area contributed by atoms with Crippen molar-refractivity contribution in [2.24, 2.45) is 0 Å². The molecule has 66 valence electrons. The van der Waals surface area contributed by atoms with Gasteiger partial charge in [-0.05, 0) is 12.1 Å². The number of benzene rings is 1. The molecule has 0 amide bonds. The molecule has 0 atom stereocenters. The van der Waals surface area contributed by atoms with Crippen molar-refractivity contribution < 1.29 is 17.0 Å². The van der Waals surface area contributed by atoms with E-state index in [0.29, 0.717) is 5.75 Å². The van der Waals surface area contributed by atoms with Crippen LogP contribution in [0, 0.1) is 0 Å². The van der Waals surface area contributed by atoms with Gasteiger partial charge in [0.1, 0.15) is 10.6 Å². The van der Waals surface area contributed by atoms with E-state index >= 15 is 0 Å². The number of rotatable bonds is 2. The summed E-state index contributed by atoms with van der Waals surface area (Å²) in [7, 11) is -3.24. The Morgan fingerprint density at radius 3 is 2.58 bits per heavy atom. The fourth-order valence-corrected chi connectivity index (χ4v) is 1.25. The first-order valence-corrected chi connectivity index (χ1v) is 4.51. The molecule has 12 heavy (non-hydrogen) atoms. The van der Waals surface area contributed by atoms with Crippen LogP contribution >= 0.6 is 0 Å². The highest BCUT2D eigenvalue weighted by Gasteiger charge is 2.11. The standard InChI is InChI=1S/C7H7FO3S/c1-11-6-3-2-4-7(5-6)12(8,9)10/h2-5H,1H3. The van der Waals surface area contributed by atoms with E-state index in [-0.39, 0.29) is 4.90 Å². The van der Waals surface area contributed by atoms with Crippen LogP contribution in [0.15, 0.2) is 29.2 Å². The number of hydrogen-bond acceptors (Lipinski definition) is 3. The maximum Gasteiger partial charge on any atom is 0.332 e. The summed E-state index contributed by atoms with van der Waals surface area (Å²) in [5.74, 6) is 0.314. The molecule has 3 nitrogen and oxygen atoms in total. The zero-order valence-electron chi connectivity index (χ0n) is 6.32. The van der Waals surface area contributed by atoms with Gasteiger partial charge in [0.05, 0.1) is 7.11 Å². The second-order valence-corrected chi connectivity index (χ2v) is 3.46. The Morgan fingerprint density at radius 1 is 1.42 bits per heavy atom. The van der Waals surface area contributed by atoms with Gasteiger partial charge in [-0.2, -0.15) is 8.42 Å². The molecule has 0 saturated heterocycles. The van der Waals surface area contributed by atoms with Gasteiger partial charge in [-0.15, -0.1) is 3.89 Å². The molecule has 0 saturated carbocycles. The third kappa shape index (κ3) is 1.94. The minimum atomic E-state index is -4.62. The van der Waals surface area contributed by atoms with Crippen LogP contribution in [0.3, 0.4) is 0 Å². The molecule has 0 aliphatic heterocycles. The summed E-state index contributed by atoms with van der Waals surface area (Å²) in [6.07, 6.45) is 0. The Morgan fingerprint density at radius 2 is 2.08 bits per heavy atom. The van der Waals surface area contributed by atoms with E-state index in [1.807, 2.05) is 0 Å². The van der Waals surface area contributed by atoms with Crippen LogP contribution in [0.25, 0.3) is 0 Å². The van der Waals surface area contributed by atoms with E-state index in [2.05, 4.69) is 0 Å². The third-order valence-electron chi connectivity index (χ3n) is 1.32. The average Bonchev–Trinajstić information content (AvgIpc) is 2.03. The largest absolute Gasteiger partial charge is 0.497 e. The van der Waals surface area contributed by atoms with Crippen LogP contribution in [0.1, 0.15) is 0 Å². The average molecular weight is 190 g/mol. The number of methoxy groups -OCH3 is 1. The normalized spacial score (nSPS) is 11.2. The second kappa shape index (κ2) is 3.10. The predicted molar refractivity (Wildman–Crippen MR) is 41.3 cm³/mol. The summed E-state index contributed by atoms with van der Waals surface area (Å²) < 4.78 is 37.8. The highest BCUT2D eigenvalue weighted by molar-refractivity contribution is 7.86. The van der Waals surface area contributed by atoms with Crippen LogP contribution in [0.5, 0.6) is 5.75 Å². The molecule has 1 aromatic carbocycles. The molecule has 0 aliphatic carbocycles. The maximum absolute atomic E-state index is 12.4. The van der Waals surface area contributed by atoms with E-state index in [0.717, 1.165) is 12.1 Å². The molecular formula is C7H7FO3S. The van der Waals surface area contributed by atoms with Crippen LogP contribution in [0.4, 0.5) is 3.89 Å². The summed E-state index contributed by atoms with van der Waals surface area (Å²) in [5.41, 5.74) is 0. The van der Waals surface area contributed by atoms with Gasteiger partial charge in [0, 0.05) is 6.07 Å². The Hall–Kier alpha value is -1.10. The zero-order valence-corrected chi connectivity index (χ0v) is 7.14. The predicted octanol–water partition coefficient (Wildman–Crippen LogP) is 1.35. The molecule has 1 rings (SSSR count). The van der Waals surface area contributed by atoms with E-state index in [1.54, 1.807) is 0 Å². The Bertz CT molecular complexity index is 372. The molecule has 0 aliphatic rings. The fourth-order valence-electron chi connectivity index (χ4n) is 0.753. The van der Waals surface area contributed by atoms with Gasteiger partial charge < -0.3 is 4.74 Å². The molecule has 0 heterocycles. The van der Waals surface area contributed by atoms with Crippen LogP contribution in [0.2, 0.25) is 0 Å². The van der Waals surface area contributed by atoms with Gasteiger partial charge in [0.15, 0.2) is 0 Å². The van der Waals surface area contributed by atoms with Crippen molar-refractivity contribution in [2.75, 3.05) is 7.11 Å². The van der Waals surface area contributed by atoms with Gasteiger partial charge in [0.2, 0.25) is 0 Å². The highest BCUT2D eigenvalue weighted by Crippen LogP contribution is 2.18. The molecule has 0 bridgehead atoms. The second-order valence-electron chi connectivity index (χ2n) is 2.12. The van der Waals surface area contributed by atoms with Gasteiger partial charge in [-0.25, -0.2) is 0 Å². The molecule has 0 unspecified atom stereocenters. The zero-order chi connectivity index (χ0) is 9.19. The lowest BCUT2D eigenvalue weighted by molar-refractivity contribution is 0.413. The van der Waals surface area contributed by atoms with Crippen LogP contribution < -0.4 is 4.74 Å². The Balaban J connectivity index is 3.20. The summed E-state index contributed by atoms with van der Waals surface area (Å²) >= 11 is 0. The van der Waals surface area contributed by atoms with E-state index in [4.69, 9.17) is 4.74 Å². The first-order valence-electron chi connectivity index (χ1n) is 3.13. The summed E-state index contributed by atoms with van der Waals surface area (Å²) in [5, 5.41) is 0. The van der Waals surface area contributed by atoms with E-state index < -0.39 is 10.2 Å². The minimum absolute atomic E-state index is 0.314. The molecule has 0 fully saturated rings. The minimum Gasteiger partial charge on any atom is -0.497 e. The van der Waals surface area contributed by atoms with E-state index in [9.17, 15) is 12.3 Å². The first-order chi connectivity index (χ1) is 5.54. The lowest BCUT2D eigenvalue weighted by atomic mass is 10.3. The van der Waals surface area contributed by atoms with Crippen molar-refractivity contribution >= 4 is 10.2 Å². The van der Waals surface area contributed by atoms with Crippen molar-refractivity contribution in [1.29, 1.82) is 0 Å². The van der Waals surface area contributed by atoms with Gasteiger partial charge in [0.25, 0.3) is 0 Å². The Kier molecular flexibility index (Phi) is 2.32. The van der Waals surface area contributed by atoms with Crippen molar-refractivity contribution in [3.8, 4) is 5.75 Å². The number of halogens is 1. The molecule has 0 radical (unpaired) electrons. The Labute approximate surface area is 70.0 Å². The van der Waals surface area contributed by atoms with Gasteiger partial charge >= 0.3 is 10.2 Å². The molecule has 0 spiro atoms. The molecule has 5 heteroatoms. The molecule has 0 N–H and O–H groups in total. The number of hydrogen-bond donors (Lipinski definition) is 0. The monoisotopic (exact) mass is 190 g/mol. The smallest absolute Gasteiger partial charge is 0.332 e. The van der Waals surface area contributed by atoms with Gasteiger partial charge in [-0.3, -0.25) is 0 Å². The lowest BCUT2D eigenvalue weighted by Crippen LogP contribution is -1.92. The summed E-state index contributed by atoms with van der Waals surface area (Å²) in [6, 6.07) is 5.23. The third-order valence-corrected chi connectivity index (χ3v) is 2.14. The van der Waals surface area contributed by atoms with Crippen molar-refractivity contribution in [1.82, 2.24) is 0 Å².